The van der Waals surface area contributed by atoms with E-state index in [0.29, 0.717) is 12.1 Å². The molecular formula is C22H23N7. The normalized spacial score (nSPS) is 13.0. The number of anilines is 3. The Kier molecular flexibility index (Phi) is 5.09. The van der Waals surface area contributed by atoms with E-state index in [9.17, 15) is 5.26 Å². The van der Waals surface area contributed by atoms with Gasteiger partial charge in [0.1, 0.15) is 24.0 Å². The van der Waals surface area contributed by atoms with Crippen LogP contribution in [0, 0.1) is 25.2 Å². The van der Waals surface area contributed by atoms with Crippen molar-refractivity contribution in [1.29, 1.82) is 5.26 Å². The van der Waals surface area contributed by atoms with Gasteiger partial charge in [-0.1, -0.05) is 6.07 Å². The first-order chi connectivity index (χ1) is 14.1. The van der Waals surface area contributed by atoms with E-state index in [1.807, 2.05) is 38.4 Å². The molecule has 0 unspecified atom stereocenters. The summed E-state index contributed by atoms with van der Waals surface area (Å²) in [6.45, 7) is 8.18. The molecule has 7 nitrogen and oxygen atoms in total. The van der Waals surface area contributed by atoms with Gasteiger partial charge in [-0.25, -0.2) is 19.9 Å². The second kappa shape index (κ2) is 7.84. The average Bonchev–Trinajstić information content (AvgIpc) is 2.75. The standard InChI is InChI=1S/C22H23N7/c1-4-29(18-11-24-16(3)25-12-18)22-19-13-28(8-7-20(19)26-14-27-22)21-6-5-15(2)9-17(21)10-23/h5-6,9,11-12,14H,4,7-8,13H2,1-3H3. The fourth-order valence-corrected chi connectivity index (χ4v) is 3.76. The number of benzene rings is 1. The van der Waals surface area contributed by atoms with Gasteiger partial charge < -0.3 is 9.80 Å². The van der Waals surface area contributed by atoms with E-state index >= 15 is 0 Å². The Balaban J connectivity index is 1.73. The lowest BCUT2D eigenvalue weighted by molar-refractivity contribution is 0.701. The molecule has 7 heteroatoms. The van der Waals surface area contributed by atoms with Crippen LogP contribution in [0.25, 0.3) is 0 Å². The van der Waals surface area contributed by atoms with Crippen LogP contribution in [-0.4, -0.2) is 33.0 Å². The van der Waals surface area contributed by atoms with Gasteiger partial charge >= 0.3 is 0 Å². The van der Waals surface area contributed by atoms with Crippen LogP contribution in [0.3, 0.4) is 0 Å². The van der Waals surface area contributed by atoms with Gasteiger partial charge in [0.15, 0.2) is 0 Å². The molecule has 0 aliphatic carbocycles. The minimum absolute atomic E-state index is 0.659. The fourth-order valence-electron chi connectivity index (χ4n) is 3.76. The number of hydrogen-bond donors (Lipinski definition) is 0. The summed E-state index contributed by atoms with van der Waals surface area (Å²) in [5, 5.41) is 9.60. The maximum atomic E-state index is 9.60. The van der Waals surface area contributed by atoms with Gasteiger partial charge in [0.05, 0.1) is 35.0 Å². The Bertz CT molecular complexity index is 1070. The zero-order valence-electron chi connectivity index (χ0n) is 16.9. The SMILES string of the molecule is CCN(c1cnc(C)nc1)c1ncnc2c1CN(c1ccc(C)cc1C#N)CC2. The van der Waals surface area contributed by atoms with Crippen molar-refractivity contribution in [2.75, 3.05) is 22.9 Å². The molecule has 0 radical (unpaired) electrons. The third-order valence-corrected chi connectivity index (χ3v) is 5.24. The first-order valence-corrected chi connectivity index (χ1v) is 9.75. The molecule has 0 fully saturated rings. The van der Waals surface area contributed by atoms with Crippen LogP contribution in [0.15, 0.2) is 36.9 Å². The second-order valence-electron chi connectivity index (χ2n) is 7.16. The molecule has 29 heavy (non-hydrogen) atoms. The monoisotopic (exact) mass is 385 g/mol. The fraction of sp³-hybridized carbons (Fsp3) is 0.318. The summed E-state index contributed by atoms with van der Waals surface area (Å²) in [5.41, 5.74) is 5.80. The molecule has 0 N–H and O–H groups in total. The van der Waals surface area contributed by atoms with Crippen molar-refractivity contribution in [3.8, 4) is 6.07 Å². The second-order valence-corrected chi connectivity index (χ2v) is 7.16. The maximum absolute atomic E-state index is 9.60. The number of aromatic nitrogens is 4. The van der Waals surface area contributed by atoms with Gasteiger partial charge in [0, 0.05) is 31.6 Å². The number of fused-ring (bicyclic) bond motifs is 1. The van der Waals surface area contributed by atoms with Crippen molar-refractivity contribution in [2.45, 2.75) is 33.7 Å². The quantitative estimate of drug-likeness (QED) is 0.680. The number of hydrogen-bond acceptors (Lipinski definition) is 7. The first-order valence-electron chi connectivity index (χ1n) is 9.75. The van der Waals surface area contributed by atoms with E-state index in [1.54, 1.807) is 6.33 Å². The van der Waals surface area contributed by atoms with Gasteiger partial charge in [-0.15, -0.1) is 0 Å². The van der Waals surface area contributed by atoms with Crippen molar-refractivity contribution in [1.82, 2.24) is 19.9 Å². The minimum atomic E-state index is 0.659. The van der Waals surface area contributed by atoms with Crippen molar-refractivity contribution in [3.05, 3.63) is 65.1 Å². The largest absolute Gasteiger partial charge is 0.366 e. The lowest BCUT2D eigenvalue weighted by Gasteiger charge is -2.33. The van der Waals surface area contributed by atoms with Crippen molar-refractivity contribution in [2.24, 2.45) is 0 Å². The summed E-state index contributed by atoms with van der Waals surface area (Å²) in [5.74, 6) is 1.62. The molecule has 1 aliphatic heterocycles. The predicted molar refractivity (Wildman–Crippen MR) is 112 cm³/mol. The van der Waals surface area contributed by atoms with Crippen LogP contribution in [0.2, 0.25) is 0 Å². The average molecular weight is 385 g/mol. The van der Waals surface area contributed by atoms with Crippen molar-refractivity contribution in [3.63, 3.8) is 0 Å². The Hall–Kier alpha value is -3.53. The first kappa shape index (κ1) is 18.8. The molecule has 3 aromatic rings. The molecular weight excluding hydrogens is 362 g/mol. The highest BCUT2D eigenvalue weighted by Crippen LogP contribution is 2.33. The molecule has 0 saturated carbocycles. The molecule has 0 saturated heterocycles. The van der Waals surface area contributed by atoms with Gasteiger partial charge in [0.2, 0.25) is 0 Å². The van der Waals surface area contributed by atoms with Gasteiger partial charge in [-0.05, 0) is 38.5 Å². The zero-order chi connectivity index (χ0) is 20.4. The summed E-state index contributed by atoms with van der Waals surface area (Å²) >= 11 is 0. The lowest BCUT2D eigenvalue weighted by atomic mass is 10.0. The predicted octanol–water partition coefficient (Wildman–Crippen LogP) is 3.48. The molecule has 0 amide bonds. The maximum Gasteiger partial charge on any atom is 0.141 e. The molecule has 3 heterocycles. The molecule has 0 spiro atoms. The Morgan fingerprint density at radius 1 is 1.14 bits per heavy atom. The summed E-state index contributed by atoms with van der Waals surface area (Å²) in [6.07, 6.45) is 6.10. The van der Waals surface area contributed by atoms with E-state index in [-0.39, 0.29) is 0 Å². The smallest absolute Gasteiger partial charge is 0.141 e. The Morgan fingerprint density at radius 3 is 2.66 bits per heavy atom. The highest BCUT2D eigenvalue weighted by Gasteiger charge is 2.25. The molecule has 0 atom stereocenters. The van der Waals surface area contributed by atoms with E-state index in [1.165, 1.54) is 0 Å². The van der Waals surface area contributed by atoms with E-state index in [4.69, 9.17) is 0 Å². The van der Waals surface area contributed by atoms with E-state index in [0.717, 1.165) is 59.3 Å². The molecule has 0 bridgehead atoms. The van der Waals surface area contributed by atoms with Crippen LogP contribution in [0.5, 0.6) is 0 Å². The highest BCUT2D eigenvalue weighted by atomic mass is 15.2. The molecule has 1 aromatic carbocycles. The van der Waals surface area contributed by atoms with E-state index < -0.39 is 0 Å². The topological polar surface area (TPSA) is 81.8 Å². The summed E-state index contributed by atoms with van der Waals surface area (Å²) in [4.78, 5) is 22.2. The third kappa shape index (κ3) is 3.61. The van der Waals surface area contributed by atoms with Gasteiger partial charge in [0.25, 0.3) is 0 Å². The number of aryl methyl sites for hydroxylation is 2. The summed E-state index contributed by atoms with van der Waals surface area (Å²) in [7, 11) is 0. The van der Waals surface area contributed by atoms with Crippen LogP contribution in [0.4, 0.5) is 17.2 Å². The van der Waals surface area contributed by atoms with Crippen LogP contribution < -0.4 is 9.80 Å². The molecule has 1 aliphatic rings. The van der Waals surface area contributed by atoms with Crippen molar-refractivity contribution >= 4 is 17.2 Å². The minimum Gasteiger partial charge on any atom is -0.366 e. The van der Waals surface area contributed by atoms with Crippen LogP contribution >= 0.6 is 0 Å². The molecule has 146 valence electrons. The summed E-state index contributed by atoms with van der Waals surface area (Å²) in [6, 6.07) is 8.36. The lowest BCUT2D eigenvalue weighted by Crippen LogP contribution is -2.33. The number of nitriles is 1. The highest BCUT2D eigenvalue weighted by molar-refractivity contribution is 5.66. The molecule has 2 aromatic heterocycles. The zero-order valence-corrected chi connectivity index (χ0v) is 16.9. The van der Waals surface area contributed by atoms with Gasteiger partial charge in [-0.2, -0.15) is 5.26 Å². The summed E-state index contributed by atoms with van der Waals surface area (Å²) < 4.78 is 0. The number of nitrogens with zero attached hydrogens (tertiary/aromatic N) is 7. The van der Waals surface area contributed by atoms with Crippen molar-refractivity contribution < 1.29 is 0 Å². The van der Waals surface area contributed by atoms with E-state index in [2.05, 4.69) is 48.8 Å². The third-order valence-electron chi connectivity index (χ3n) is 5.24. The van der Waals surface area contributed by atoms with Crippen LogP contribution in [0.1, 0.15) is 35.1 Å². The van der Waals surface area contributed by atoms with Gasteiger partial charge in [-0.3, -0.25) is 0 Å². The Labute approximate surface area is 170 Å². The van der Waals surface area contributed by atoms with Crippen LogP contribution in [-0.2, 0) is 13.0 Å². The Morgan fingerprint density at radius 2 is 1.93 bits per heavy atom. The molecule has 4 rings (SSSR count). The number of rotatable bonds is 4.